The average molecular weight is 286 g/mol. The standard InChI is InChI=1S/C13H10N4O4/c18-16(19)12-7-6-10(13(8-12)17(20)21)9-14-15-11-4-2-1-3-5-11/h1-9,15H. The van der Waals surface area contributed by atoms with Crippen LogP contribution < -0.4 is 5.43 Å². The maximum absolute atomic E-state index is 10.9. The number of nitro benzene ring substituents is 2. The largest absolute Gasteiger partial charge is 0.285 e. The molecule has 2 aromatic carbocycles. The fraction of sp³-hybridized carbons (Fsp3) is 0. The SMILES string of the molecule is O=[N+]([O-])c1ccc(C=NNc2ccccc2)c([N+](=O)[O-])c1. The number of nitro groups is 2. The number of hydrogen-bond acceptors (Lipinski definition) is 6. The zero-order chi connectivity index (χ0) is 15.2. The van der Waals surface area contributed by atoms with Crippen molar-refractivity contribution in [3.63, 3.8) is 0 Å². The molecule has 0 fully saturated rings. The van der Waals surface area contributed by atoms with Crippen LogP contribution in [0.15, 0.2) is 53.6 Å². The lowest BCUT2D eigenvalue weighted by atomic mass is 10.2. The Morgan fingerprint density at radius 2 is 1.71 bits per heavy atom. The Morgan fingerprint density at radius 3 is 2.33 bits per heavy atom. The third-order valence-corrected chi connectivity index (χ3v) is 2.59. The van der Waals surface area contributed by atoms with Gasteiger partial charge < -0.3 is 0 Å². The van der Waals surface area contributed by atoms with Crippen LogP contribution in [0.25, 0.3) is 0 Å². The second kappa shape index (κ2) is 6.24. The molecule has 0 aromatic heterocycles. The predicted octanol–water partition coefficient (Wildman–Crippen LogP) is 2.95. The van der Waals surface area contributed by atoms with Gasteiger partial charge in [0.1, 0.15) is 0 Å². The third kappa shape index (κ3) is 3.60. The molecule has 0 bridgehead atoms. The fourth-order valence-electron chi connectivity index (χ4n) is 1.60. The summed E-state index contributed by atoms with van der Waals surface area (Å²) >= 11 is 0. The van der Waals surface area contributed by atoms with Gasteiger partial charge in [-0.25, -0.2) is 0 Å². The molecule has 8 heteroatoms. The lowest BCUT2D eigenvalue weighted by Gasteiger charge is -2.00. The second-order valence-corrected chi connectivity index (χ2v) is 3.99. The molecule has 0 radical (unpaired) electrons. The molecule has 2 rings (SSSR count). The molecule has 0 amide bonds. The van der Waals surface area contributed by atoms with Crippen LogP contribution in [-0.2, 0) is 0 Å². The van der Waals surface area contributed by atoms with Crippen molar-refractivity contribution >= 4 is 23.3 Å². The van der Waals surface area contributed by atoms with Gasteiger partial charge in [-0.1, -0.05) is 18.2 Å². The minimum Gasteiger partial charge on any atom is -0.279 e. The number of anilines is 1. The van der Waals surface area contributed by atoms with E-state index >= 15 is 0 Å². The predicted molar refractivity (Wildman–Crippen MR) is 77.4 cm³/mol. The molecular formula is C13H10N4O4. The molecule has 0 aliphatic heterocycles. The molecular weight excluding hydrogens is 276 g/mol. The molecule has 0 unspecified atom stereocenters. The topological polar surface area (TPSA) is 111 Å². The molecule has 0 heterocycles. The van der Waals surface area contributed by atoms with E-state index in [1.54, 1.807) is 12.1 Å². The van der Waals surface area contributed by atoms with Gasteiger partial charge in [0.15, 0.2) is 0 Å². The number of nitrogens with one attached hydrogen (secondary N) is 1. The van der Waals surface area contributed by atoms with Crippen LogP contribution in [0.4, 0.5) is 17.1 Å². The fourth-order valence-corrected chi connectivity index (χ4v) is 1.60. The molecule has 1 N–H and O–H groups in total. The number of rotatable bonds is 5. The highest BCUT2D eigenvalue weighted by atomic mass is 16.6. The first-order valence-corrected chi connectivity index (χ1v) is 5.85. The Balaban J connectivity index is 2.23. The van der Waals surface area contributed by atoms with E-state index in [1.807, 2.05) is 18.2 Å². The third-order valence-electron chi connectivity index (χ3n) is 2.59. The number of non-ortho nitro benzene ring substituents is 1. The molecule has 0 aliphatic rings. The van der Waals surface area contributed by atoms with Crippen LogP contribution in [0.3, 0.4) is 0 Å². The lowest BCUT2D eigenvalue weighted by Crippen LogP contribution is -1.98. The van der Waals surface area contributed by atoms with Gasteiger partial charge in [0.2, 0.25) is 0 Å². The van der Waals surface area contributed by atoms with Crippen molar-refractivity contribution in [3.8, 4) is 0 Å². The Kier molecular flexibility index (Phi) is 4.20. The summed E-state index contributed by atoms with van der Waals surface area (Å²) in [4.78, 5) is 20.2. The zero-order valence-electron chi connectivity index (χ0n) is 10.7. The minimum atomic E-state index is -0.684. The van der Waals surface area contributed by atoms with Crippen molar-refractivity contribution < 1.29 is 9.85 Å². The Morgan fingerprint density at radius 1 is 1.00 bits per heavy atom. The van der Waals surface area contributed by atoms with E-state index in [0.717, 1.165) is 11.8 Å². The van der Waals surface area contributed by atoms with E-state index in [2.05, 4.69) is 10.5 Å². The van der Waals surface area contributed by atoms with Gasteiger partial charge in [-0.2, -0.15) is 5.10 Å². The zero-order valence-corrected chi connectivity index (χ0v) is 10.7. The first-order chi connectivity index (χ1) is 10.1. The molecule has 8 nitrogen and oxygen atoms in total. The van der Waals surface area contributed by atoms with E-state index in [9.17, 15) is 20.2 Å². The number of benzene rings is 2. The Bertz CT molecular complexity index is 701. The van der Waals surface area contributed by atoms with E-state index in [1.165, 1.54) is 18.3 Å². The first kappa shape index (κ1) is 14.1. The smallest absolute Gasteiger partial charge is 0.279 e. The quantitative estimate of drug-likeness (QED) is 0.516. The van der Waals surface area contributed by atoms with Gasteiger partial charge in [0.25, 0.3) is 11.4 Å². The maximum atomic E-state index is 10.9. The summed E-state index contributed by atoms with van der Waals surface area (Å²) in [6.45, 7) is 0. The summed E-state index contributed by atoms with van der Waals surface area (Å²) in [7, 11) is 0. The lowest BCUT2D eigenvalue weighted by molar-refractivity contribution is -0.394. The van der Waals surface area contributed by atoms with Crippen LogP contribution >= 0.6 is 0 Å². The summed E-state index contributed by atoms with van der Waals surface area (Å²) in [6.07, 6.45) is 1.24. The molecule has 0 aliphatic carbocycles. The van der Waals surface area contributed by atoms with Crippen molar-refractivity contribution in [2.45, 2.75) is 0 Å². The van der Waals surface area contributed by atoms with Crippen molar-refractivity contribution in [3.05, 3.63) is 74.3 Å². The van der Waals surface area contributed by atoms with Crippen molar-refractivity contribution in [2.24, 2.45) is 5.10 Å². The van der Waals surface area contributed by atoms with Crippen LogP contribution in [0.2, 0.25) is 0 Å². The summed E-state index contributed by atoms with van der Waals surface area (Å²) in [6, 6.07) is 12.4. The maximum Gasteiger partial charge on any atom is 0.285 e. The highest BCUT2D eigenvalue weighted by Crippen LogP contribution is 2.23. The van der Waals surface area contributed by atoms with Gasteiger partial charge in [0, 0.05) is 6.07 Å². The van der Waals surface area contributed by atoms with E-state index in [0.29, 0.717) is 0 Å². The van der Waals surface area contributed by atoms with Crippen molar-refractivity contribution in [2.75, 3.05) is 5.43 Å². The van der Waals surface area contributed by atoms with Gasteiger partial charge >= 0.3 is 0 Å². The molecule has 106 valence electrons. The average Bonchev–Trinajstić information content (AvgIpc) is 2.48. The van der Waals surface area contributed by atoms with Gasteiger partial charge in [0.05, 0.1) is 33.4 Å². The monoisotopic (exact) mass is 286 g/mol. The van der Waals surface area contributed by atoms with Crippen LogP contribution in [0.5, 0.6) is 0 Å². The van der Waals surface area contributed by atoms with Gasteiger partial charge in [-0.05, 0) is 18.2 Å². The van der Waals surface area contributed by atoms with Gasteiger partial charge in [-0.3, -0.25) is 25.7 Å². The highest BCUT2D eigenvalue weighted by Gasteiger charge is 2.18. The number of para-hydroxylation sites is 1. The van der Waals surface area contributed by atoms with Gasteiger partial charge in [-0.15, -0.1) is 0 Å². The van der Waals surface area contributed by atoms with E-state index in [4.69, 9.17) is 0 Å². The summed E-state index contributed by atoms with van der Waals surface area (Å²) < 4.78 is 0. The summed E-state index contributed by atoms with van der Waals surface area (Å²) in [5, 5.41) is 25.4. The van der Waals surface area contributed by atoms with Crippen LogP contribution in [0, 0.1) is 20.2 Å². The number of hydrogen-bond donors (Lipinski definition) is 1. The number of nitrogens with zero attached hydrogens (tertiary/aromatic N) is 3. The normalized spacial score (nSPS) is 10.5. The first-order valence-electron chi connectivity index (χ1n) is 5.85. The second-order valence-electron chi connectivity index (χ2n) is 3.99. The molecule has 0 atom stereocenters. The molecule has 2 aromatic rings. The molecule has 0 saturated heterocycles. The highest BCUT2D eigenvalue weighted by molar-refractivity contribution is 5.86. The van der Waals surface area contributed by atoms with Crippen molar-refractivity contribution in [1.29, 1.82) is 0 Å². The number of hydrazone groups is 1. The van der Waals surface area contributed by atoms with E-state index in [-0.39, 0.29) is 16.9 Å². The Hall–Kier alpha value is -3.29. The summed E-state index contributed by atoms with van der Waals surface area (Å²) in [5.41, 5.74) is 2.89. The van der Waals surface area contributed by atoms with Crippen molar-refractivity contribution in [1.82, 2.24) is 0 Å². The molecule has 0 spiro atoms. The van der Waals surface area contributed by atoms with E-state index < -0.39 is 9.85 Å². The molecule has 0 saturated carbocycles. The van der Waals surface area contributed by atoms with Crippen LogP contribution in [-0.4, -0.2) is 16.1 Å². The Labute approximate surface area is 119 Å². The molecule has 21 heavy (non-hydrogen) atoms. The summed E-state index contributed by atoms with van der Waals surface area (Å²) in [5.74, 6) is 0. The van der Waals surface area contributed by atoms with Crippen LogP contribution in [0.1, 0.15) is 5.56 Å². The minimum absolute atomic E-state index is 0.175.